The van der Waals surface area contributed by atoms with Gasteiger partial charge in [0.05, 0.1) is 7.11 Å². The summed E-state index contributed by atoms with van der Waals surface area (Å²) in [5.41, 5.74) is 2.76. The van der Waals surface area contributed by atoms with Crippen molar-refractivity contribution in [1.82, 2.24) is 18.7 Å². The summed E-state index contributed by atoms with van der Waals surface area (Å²) in [6, 6.07) is 6.28. The Bertz CT molecular complexity index is 1260. The van der Waals surface area contributed by atoms with Gasteiger partial charge in [0, 0.05) is 25.8 Å². The van der Waals surface area contributed by atoms with E-state index in [4.69, 9.17) is 0 Å². The van der Waals surface area contributed by atoms with E-state index in [1.807, 2.05) is 18.4 Å². The first-order valence-corrected chi connectivity index (χ1v) is 9.84. The number of carbonyl (C=O) groups excluding carboxylic acids is 1. The summed E-state index contributed by atoms with van der Waals surface area (Å²) in [5, 5.41) is 0. The molecule has 2 aromatic heterocycles. The molecule has 0 spiro atoms. The van der Waals surface area contributed by atoms with Crippen molar-refractivity contribution in [3.05, 3.63) is 50.2 Å². The average molecular weight is 411 g/mol. The minimum Gasteiger partial charge on any atom is -0.468 e. The fraction of sp³-hybridized carbons (Fsp3) is 0.429. The smallest absolute Gasteiger partial charge is 0.333 e. The van der Waals surface area contributed by atoms with Crippen LogP contribution in [-0.2, 0) is 29.7 Å². The lowest BCUT2D eigenvalue weighted by atomic mass is 10.1. The van der Waals surface area contributed by atoms with Crippen LogP contribution >= 0.6 is 0 Å². The van der Waals surface area contributed by atoms with Gasteiger partial charge in [-0.3, -0.25) is 14.2 Å². The Balaban J connectivity index is 1.99. The number of rotatable bonds is 3. The van der Waals surface area contributed by atoms with Crippen LogP contribution in [0.2, 0.25) is 0 Å². The van der Waals surface area contributed by atoms with Crippen LogP contribution in [0.5, 0.6) is 0 Å². The maximum absolute atomic E-state index is 13.2. The van der Waals surface area contributed by atoms with Crippen LogP contribution in [0, 0.1) is 19.8 Å². The normalized spacial score (nSPS) is 16.0. The summed E-state index contributed by atoms with van der Waals surface area (Å²) in [6.07, 6.45) is 0. The van der Waals surface area contributed by atoms with Gasteiger partial charge in [0.1, 0.15) is 6.54 Å². The molecule has 30 heavy (non-hydrogen) atoms. The molecule has 1 aliphatic heterocycles. The fourth-order valence-electron chi connectivity index (χ4n) is 4.16. The fourth-order valence-corrected chi connectivity index (χ4v) is 4.16. The van der Waals surface area contributed by atoms with E-state index >= 15 is 0 Å². The molecule has 0 bridgehead atoms. The van der Waals surface area contributed by atoms with E-state index in [0.29, 0.717) is 23.7 Å². The topological polar surface area (TPSA) is 91.4 Å². The van der Waals surface area contributed by atoms with Gasteiger partial charge in [-0.05, 0) is 43.0 Å². The number of esters is 1. The van der Waals surface area contributed by atoms with E-state index in [9.17, 15) is 14.4 Å². The van der Waals surface area contributed by atoms with Crippen molar-refractivity contribution < 1.29 is 9.53 Å². The molecular weight excluding hydrogens is 386 g/mol. The summed E-state index contributed by atoms with van der Waals surface area (Å²) < 4.78 is 8.73. The molecule has 4 rings (SSSR count). The molecule has 1 aliphatic rings. The van der Waals surface area contributed by atoms with E-state index in [-0.39, 0.29) is 5.92 Å². The van der Waals surface area contributed by atoms with Crippen LogP contribution in [0.3, 0.4) is 0 Å². The number of methoxy groups -OCH3 is 1. The van der Waals surface area contributed by atoms with E-state index in [0.717, 1.165) is 27.9 Å². The van der Waals surface area contributed by atoms with Crippen molar-refractivity contribution >= 4 is 28.8 Å². The monoisotopic (exact) mass is 411 g/mol. The lowest BCUT2D eigenvalue weighted by Crippen LogP contribution is -2.42. The highest BCUT2D eigenvalue weighted by molar-refractivity contribution is 5.78. The standard InChI is InChI=1S/C21H25N5O4/c1-12-6-13(2)8-15(7-12)24-9-14(3)10-25-17-18(22-20(24)25)23(4)21(29)26(19(17)28)11-16(27)30-5/h6-8,14H,9-11H2,1-5H3. The predicted molar refractivity (Wildman–Crippen MR) is 113 cm³/mol. The lowest BCUT2D eigenvalue weighted by Gasteiger charge is -2.33. The molecule has 0 aliphatic carbocycles. The van der Waals surface area contributed by atoms with Gasteiger partial charge in [0.2, 0.25) is 5.95 Å². The van der Waals surface area contributed by atoms with Crippen molar-refractivity contribution in [2.75, 3.05) is 18.6 Å². The molecule has 0 radical (unpaired) electrons. The number of carbonyl (C=O) groups is 1. The molecule has 9 heteroatoms. The third-order valence-electron chi connectivity index (χ3n) is 5.48. The third kappa shape index (κ3) is 3.10. The highest BCUT2D eigenvalue weighted by Crippen LogP contribution is 2.33. The molecule has 0 N–H and O–H groups in total. The number of aryl methyl sites for hydroxylation is 3. The third-order valence-corrected chi connectivity index (χ3v) is 5.48. The van der Waals surface area contributed by atoms with Crippen molar-refractivity contribution in [3.63, 3.8) is 0 Å². The molecule has 3 heterocycles. The summed E-state index contributed by atoms with van der Waals surface area (Å²) in [5.74, 6) is 0.217. The van der Waals surface area contributed by atoms with Crippen LogP contribution in [0.4, 0.5) is 11.6 Å². The lowest BCUT2D eigenvalue weighted by molar-refractivity contribution is -0.141. The van der Waals surface area contributed by atoms with Gasteiger partial charge in [-0.1, -0.05) is 13.0 Å². The van der Waals surface area contributed by atoms with Crippen LogP contribution in [0.15, 0.2) is 27.8 Å². The van der Waals surface area contributed by atoms with Crippen molar-refractivity contribution in [3.8, 4) is 0 Å². The highest BCUT2D eigenvalue weighted by atomic mass is 16.5. The van der Waals surface area contributed by atoms with E-state index < -0.39 is 23.8 Å². The molecule has 0 amide bonds. The zero-order valence-corrected chi connectivity index (χ0v) is 17.8. The molecule has 1 aromatic carbocycles. The molecular formula is C21H25N5O4. The first-order valence-electron chi connectivity index (χ1n) is 9.84. The van der Waals surface area contributed by atoms with Crippen LogP contribution in [0.1, 0.15) is 18.1 Å². The second kappa shape index (κ2) is 7.16. The van der Waals surface area contributed by atoms with Crippen molar-refractivity contribution in [1.29, 1.82) is 0 Å². The molecule has 3 aromatic rings. The number of benzene rings is 1. The number of anilines is 2. The zero-order valence-electron chi connectivity index (χ0n) is 17.8. The number of hydrogen-bond acceptors (Lipinski definition) is 6. The second-order valence-corrected chi connectivity index (χ2v) is 8.07. The number of fused-ring (bicyclic) bond motifs is 3. The summed E-state index contributed by atoms with van der Waals surface area (Å²) in [4.78, 5) is 44.5. The van der Waals surface area contributed by atoms with Gasteiger partial charge < -0.3 is 14.2 Å². The number of nitrogens with zero attached hydrogens (tertiary/aromatic N) is 5. The van der Waals surface area contributed by atoms with Crippen LogP contribution in [-0.4, -0.2) is 38.3 Å². The minimum atomic E-state index is -0.655. The number of ether oxygens (including phenoxy) is 1. The molecule has 0 saturated heterocycles. The Morgan fingerprint density at radius 3 is 2.47 bits per heavy atom. The number of aromatic nitrogens is 4. The van der Waals surface area contributed by atoms with Crippen molar-refractivity contribution in [2.45, 2.75) is 33.9 Å². The van der Waals surface area contributed by atoms with Crippen LogP contribution in [0.25, 0.3) is 11.2 Å². The minimum absolute atomic E-state index is 0.251. The van der Waals surface area contributed by atoms with Gasteiger partial charge in [-0.2, -0.15) is 4.98 Å². The Morgan fingerprint density at radius 2 is 1.83 bits per heavy atom. The Hall–Kier alpha value is -3.36. The van der Waals surface area contributed by atoms with Gasteiger partial charge in [-0.25, -0.2) is 9.36 Å². The molecule has 9 nitrogen and oxygen atoms in total. The molecule has 0 fully saturated rings. The maximum Gasteiger partial charge on any atom is 0.333 e. The molecule has 1 atom stereocenters. The Kier molecular flexibility index (Phi) is 4.76. The molecule has 0 saturated carbocycles. The largest absolute Gasteiger partial charge is 0.468 e. The second-order valence-electron chi connectivity index (χ2n) is 8.07. The summed E-state index contributed by atoms with van der Waals surface area (Å²) in [7, 11) is 2.78. The number of imidazole rings is 1. The van der Waals surface area contributed by atoms with E-state index in [1.54, 1.807) is 7.05 Å². The highest BCUT2D eigenvalue weighted by Gasteiger charge is 2.30. The van der Waals surface area contributed by atoms with Crippen molar-refractivity contribution in [2.24, 2.45) is 13.0 Å². The predicted octanol–water partition coefficient (Wildman–Crippen LogP) is 1.47. The van der Waals surface area contributed by atoms with E-state index in [1.165, 1.54) is 11.7 Å². The average Bonchev–Trinajstić information content (AvgIpc) is 3.07. The molecule has 158 valence electrons. The first kappa shape index (κ1) is 19.9. The zero-order chi connectivity index (χ0) is 21.7. The SMILES string of the molecule is COC(=O)Cn1c(=O)c2c(nc3n2CC(C)CN3c2cc(C)cc(C)c2)n(C)c1=O. The Morgan fingerprint density at radius 1 is 1.17 bits per heavy atom. The van der Waals surface area contributed by atoms with Gasteiger partial charge in [-0.15, -0.1) is 0 Å². The van der Waals surface area contributed by atoms with Gasteiger partial charge >= 0.3 is 11.7 Å². The quantitative estimate of drug-likeness (QED) is 0.606. The summed E-state index contributed by atoms with van der Waals surface area (Å²) >= 11 is 0. The van der Waals surface area contributed by atoms with Crippen LogP contribution < -0.4 is 16.1 Å². The van der Waals surface area contributed by atoms with Gasteiger partial charge in [0.25, 0.3) is 5.56 Å². The summed E-state index contributed by atoms with van der Waals surface area (Å²) in [6.45, 7) is 7.10. The maximum atomic E-state index is 13.2. The van der Waals surface area contributed by atoms with Gasteiger partial charge in [0.15, 0.2) is 11.2 Å². The van der Waals surface area contributed by atoms with E-state index in [2.05, 4.69) is 39.7 Å². The first-order chi connectivity index (χ1) is 14.2. The Labute approximate surface area is 173 Å². The number of hydrogen-bond donors (Lipinski definition) is 0. The molecule has 1 unspecified atom stereocenters.